The van der Waals surface area contributed by atoms with Gasteiger partial charge in [-0.05, 0) is 48.9 Å². The second kappa shape index (κ2) is 5.19. The van der Waals surface area contributed by atoms with Crippen LogP contribution in [0, 0.1) is 28.1 Å². The zero-order chi connectivity index (χ0) is 12.2. The Morgan fingerprint density at radius 2 is 1.81 bits per heavy atom. The lowest BCUT2D eigenvalue weighted by atomic mass is 9.64. The molecule has 1 N–H and O–H groups in total. The second-order valence-electron chi connectivity index (χ2n) is 5.68. The van der Waals surface area contributed by atoms with E-state index in [0.717, 1.165) is 25.7 Å². The molecule has 3 unspecified atom stereocenters. The van der Waals surface area contributed by atoms with Crippen LogP contribution < -0.4 is 0 Å². The van der Waals surface area contributed by atoms with Crippen LogP contribution in [0.3, 0.4) is 0 Å². The van der Waals surface area contributed by atoms with Crippen LogP contribution in [-0.2, 0) is 0 Å². The van der Waals surface area contributed by atoms with E-state index in [1.165, 1.54) is 6.42 Å². The van der Waals surface area contributed by atoms with Gasteiger partial charge < -0.3 is 5.11 Å². The van der Waals surface area contributed by atoms with Gasteiger partial charge in [-0.15, -0.1) is 0 Å². The van der Waals surface area contributed by atoms with Crippen LogP contribution in [0.1, 0.15) is 59.3 Å². The topological polar surface area (TPSA) is 44.0 Å². The molecular formula is C14H25NO. The van der Waals surface area contributed by atoms with E-state index in [0.29, 0.717) is 18.9 Å². The van der Waals surface area contributed by atoms with Crippen LogP contribution in [0.2, 0.25) is 0 Å². The van der Waals surface area contributed by atoms with Crippen molar-refractivity contribution in [2.75, 3.05) is 6.61 Å². The van der Waals surface area contributed by atoms with Crippen LogP contribution in [0.15, 0.2) is 0 Å². The highest BCUT2D eigenvalue weighted by Gasteiger charge is 2.52. The van der Waals surface area contributed by atoms with Gasteiger partial charge in [0.05, 0.1) is 6.07 Å². The smallest absolute Gasteiger partial charge is 0.0627 e. The fourth-order valence-electron chi connectivity index (χ4n) is 3.99. The fourth-order valence-corrected chi connectivity index (χ4v) is 3.99. The van der Waals surface area contributed by atoms with Crippen LogP contribution >= 0.6 is 0 Å². The monoisotopic (exact) mass is 223 g/mol. The minimum Gasteiger partial charge on any atom is -0.396 e. The maximum atomic E-state index is 9.49. The highest BCUT2D eigenvalue weighted by molar-refractivity contribution is 5.05. The fraction of sp³-hybridized carbons (Fsp3) is 0.929. The van der Waals surface area contributed by atoms with Crippen LogP contribution in [0.4, 0.5) is 0 Å². The molecule has 16 heavy (non-hydrogen) atoms. The first-order chi connectivity index (χ1) is 7.64. The summed E-state index contributed by atoms with van der Waals surface area (Å²) in [5.41, 5.74) is 0.434. The summed E-state index contributed by atoms with van der Waals surface area (Å²) in [5.74, 6) is 0.687. The molecule has 0 heterocycles. The number of fused-ring (bicyclic) bond motifs is 2. The Bertz CT molecular complexity index is 270. The van der Waals surface area contributed by atoms with Crippen molar-refractivity contribution < 1.29 is 5.11 Å². The minimum atomic E-state index is 0.175. The van der Waals surface area contributed by atoms with Gasteiger partial charge >= 0.3 is 0 Å². The molecule has 2 nitrogen and oxygen atoms in total. The Hall–Kier alpha value is -0.550. The summed E-state index contributed by atoms with van der Waals surface area (Å²) in [4.78, 5) is 0. The van der Waals surface area contributed by atoms with Crippen LogP contribution in [0.5, 0.6) is 0 Å². The van der Waals surface area contributed by atoms with Gasteiger partial charge in [0.1, 0.15) is 0 Å². The summed E-state index contributed by atoms with van der Waals surface area (Å²) in [6, 6.07) is 2.34. The zero-order valence-corrected chi connectivity index (χ0v) is 10.9. The number of nitriles is 1. The first kappa shape index (κ1) is 13.5. The number of aliphatic hydroxyl groups excluding tert-OH is 1. The molecule has 2 aliphatic rings. The standard InChI is InChI=1S/C12H19NO.C2H6/c1-10-6-11(4-5-13)2-3-12(7-10,8-11)9-14;1-2/h10,14H,2-4,6-9H2,1H3;1-2H3. The highest BCUT2D eigenvalue weighted by atomic mass is 16.3. The Kier molecular flexibility index (Phi) is 4.38. The number of hydrogen-bond acceptors (Lipinski definition) is 2. The number of aliphatic hydroxyl groups is 1. The van der Waals surface area contributed by atoms with Gasteiger partial charge in [0.25, 0.3) is 0 Å². The van der Waals surface area contributed by atoms with Gasteiger partial charge in [0.15, 0.2) is 0 Å². The van der Waals surface area contributed by atoms with E-state index in [1.54, 1.807) is 0 Å². The predicted molar refractivity (Wildman–Crippen MR) is 65.8 cm³/mol. The Balaban J connectivity index is 0.000000606. The summed E-state index contributed by atoms with van der Waals surface area (Å²) >= 11 is 0. The molecule has 2 rings (SSSR count). The normalized spacial score (nSPS) is 40.8. The number of rotatable bonds is 2. The lowest BCUT2D eigenvalue weighted by molar-refractivity contribution is 0.0443. The van der Waals surface area contributed by atoms with Gasteiger partial charge in [-0.1, -0.05) is 20.8 Å². The van der Waals surface area contributed by atoms with Gasteiger partial charge in [-0.25, -0.2) is 0 Å². The van der Waals surface area contributed by atoms with Crippen molar-refractivity contribution in [3.05, 3.63) is 0 Å². The first-order valence-corrected chi connectivity index (χ1v) is 6.62. The Morgan fingerprint density at radius 3 is 2.38 bits per heavy atom. The molecule has 2 heteroatoms. The molecule has 0 aliphatic heterocycles. The molecule has 2 saturated carbocycles. The van der Waals surface area contributed by atoms with Crippen molar-refractivity contribution >= 4 is 0 Å². The van der Waals surface area contributed by atoms with Crippen LogP contribution in [-0.4, -0.2) is 11.7 Å². The molecule has 0 aromatic rings. The van der Waals surface area contributed by atoms with Gasteiger partial charge in [-0.3, -0.25) is 0 Å². The van der Waals surface area contributed by atoms with E-state index in [4.69, 9.17) is 5.26 Å². The first-order valence-electron chi connectivity index (χ1n) is 6.62. The van der Waals surface area contributed by atoms with E-state index >= 15 is 0 Å². The SMILES string of the molecule is CC.CC1CC2(CO)CCC(CC#N)(C1)C2. The molecule has 0 amide bonds. The molecule has 0 saturated heterocycles. The average molecular weight is 223 g/mol. The predicted octanol–water partition coefficient (Wildman–Crippen LogP) is 3.51. The molecule has 2 fully saturated rings. The van der Waals surface area contributed by atoms with Gasteiger partial charge in [-0.2, -0.15) is 5.26 Å². The molecule has 3 atom stereocenters. The molecular weight excluding hydrogens is 198 g/mol. The maximum absolute atomic E-state index is 9.49. The van der Waals surface area contributed by atoms with E-state index in [9.17, 15) is 5.11 Å². The molecule has 2 aliphatic carbocycles. The highest BCUT2D eigenvalue weighted by Crippen LogP contribution is 2.61. The summed E-state index contributed by atoms with van der Waals surface area (Å²) in [6.07, 6.45) is 6.44. The van der Waals surface area contributed by atoms with Gasteiger partial charge in [0.2, 0.25) is 0 Å². The van der Waals surface area contributed by atoms with Crippen molar-refractivity contribution in [2.24, 2.45) is 16.7 Å². The van der Waals surface area contributed by atoms with Crippen molar-refractivity contribution in [2.45, 2.75) is 59.3 Å². The largest absolute Gasteiger partial charge is 0.396 e. The summed E-state index contributed by atoms with van der Waals surface area (Å²) < 4.78 is 0. The van der Waals surface area contributed by atoms with E-state index in [1.807, 2.05) is 13.8 Å². The average Bonchev–Trinajstić information content (AvgIpc) is 2.55. The minimum absolute atomic E-state index is 0.175. The van der Waals surface area contributed by atoms with Crippen molar-refractivity contribution in [3.8, 4) is 6.07 Å². The Morgan fingerprint density at radius 1 is 1.25 bits per heavy atom. The number of nitrogens with zero attached hydrogens (tertiary/aromatic N) is 1. The quantitative estimate of drug-likeness (QED) is 0.778. The van der Waals surface area contributed by atoms with E-state index < -0.39 is 0 Å². The third-order valence-electron chi connectivity index (χ3n) is 4.29. The van der Waals surface area contributed by atoms with Crippen molar-refractivity contribution in [1.29, 1.82) is 5.26 Å². The third-order valence-corrected chi connectivity index (χ3v) is 4.29. The number of hydrogen-bond donors (Lipinski definition) is 1. The second-order valence-corrected chi connectivity index (χ2v) is 5.68. The maximum Gasteiger partial charge on any atom is 0.0627 e. The zero-order valence-electron chi connectivity index (χ0n) is 10.9. The molecule has 0 aromatic carbocycles. The third kappa shape index (κ3) is 2.40. The van der Waals surface area contributed by atoms with Crippen molar-refractivity contribution in [1.82, 2.24) is 0 Å². The Labute approximate surface area is 99.7 Å². The summed E-state index contributed by atoms with van der Waals surface area (Å²) in [6.45, 7) is 6.59. The van der Waals surface area contributed by atoms with Gasteiger partial charge in [0, 0.05) is 13.0 Å². The summed E-state index contributed by atoms with van der Waals surface area (Å²) in [5, 5.41) is 18.3. The summed E-state index contributed by atoms with van der Waals surface area (Å²) in [7, 11) is 0. The lowest BCUT2D eigenvalue weighted by Gasteiger charge is -2.41. The molecule has 92 valence electrons. The van der Waals surface area contributed by atoms with E-state index in [-0.39, 0.29) is 10.8 Å². The molecule has 2 bridgehead atoms. The van der Waals surface area contributed by atoms with E-state index in [2.05, 4.69) is 13.0 Å². The molecule has 0 radical (unpaired) electrons. The molecule has 0 spiro atoms. The van der Waals surface area contributed by atoms with Crippen LogP contribution in [0.25, 0.3) is 0 Å². The van der Waals surface area contributed by atoms with Crippen molar-refractivity contribution in [3.63, 3.8) is 0 Å². The molecule has 0 aromatic heterocycles. The lowest BCUT2D eigenvalue weighted by Crippen LogP contribution is -2.34.